The van der Waals surface area contributed by atoms with Crippen LogP contribution in [0.2, 0.25) is 10.0 Å². The number of anilines is 1. The lowest BCUT2D eigenvalue weighted by Gasteiger charge is -2.07. The van der Waals surface area contributed by atoms with E-state index in [0.29, 0.717) is 10.0 Å². The van der Waals surface area contributed by atoms with Gasteiger partial charge in [-0.3, -0.25) is 0 Å². The van der Waals surface area contributed by atoms with Crippen molar-refractivity contribution in [2.24, 2.45) is 0 Å². The number of rotatable bonds is 5. The van der Waals surface area contributed by atoms with Gasteiger partial charge in [0.1, 0.15) is 0 Å². The van der Waals surface area contributed by atoms with Crippen LogP contribution in [0.25, 0.3) is 0 Å². The van der Waals surface area contributed by atoms with Gasteiger partial charge in [0.2, 0.25) is 0 Å². The Balaban J connectivity index is 2.46. The molecule has 0 aliphatic rings. The van der Waals surface area contributed by atoms with E-state index in [4.69, 9.17) is 23.2 Å². The van der Waals surface area contributed by atoms with E-state index in [9.17, 15) is 0 Å². The number of unbranched alkanes of at least 4 members (excludes halogenated alkanes) is 2. The van der Waals surface area contributed by atoms with Crippen LogP contribution in [0.1, 0.15) is 26.2 Å². The lowest BCUT2D eigenvalue weighted by atomic mass is 10.2. The number of benzene rings is 1. The monoisotopic (exact) mass is 230 g/mol. The zero-order valence-corrected chi connectivity index (χ0v) is 9.75. The van der Waals surface area contributed by atoms with E-state index in [1.165, 1.54) is 12.8 Å². The van der Waals surface area contributed by atoms with Gasteiger partial charge in [0.25, 0.3) is 0 Å². The van der Waals surface area contributed by atoms with Crippen molar-refractivity contribution in [1.29, 1.82) is 0 Å². The molecule has 0 saturated heterocycles. The first-order chi connectivity index (χ1) is 6.75. The van der Waals surface area contributed by atoms with Crippen molar-refractivity contribution in [3.8, 4) is 0 Å². The van der Waals surface area contributed by atoms with Crippen molar-refractivity contribution in [3.63, 3.8) is 0 Å². The highest BCUT2D eigenvalue weighted by molar-refractivity contribution is 6.43. The van der Waals surface area contributed by atoms with Gasteiger partial charge in [-0.1, -0.05) is 49.0 Å². The number of hydrogen-bond donors (Lipinski definition) is 1. The summed E-state index contributed by atoms with van der Waals surface area (Å²) in [4.78, 5) is 0. The topological polar surface area (TPSA) is 12.0 Å². The van der Waals surface area contributed by atoms with Gasteiger partial charge in [0, 0.05) is 12.6 Å². The zero-order chi connectivity index (χ0) is 10.4. The van der Waals surface area contributed by atoms with Gasteiger partial charge < -0.3 is 5.32 Å². The molecule has 1 radical (unpaired) electrons. The van der Waals surface area contributed by atoms with Crippen molar-refractivity contribution >= 4 is 28.9 Å². The van der Waals surface area contributed by atoms with Crippen molar-refractivity contribution in [1.82, 2.24) is 0 Å². The Bertz CT molecular complexity index is 287. The molecule has 0 saturated carbocycles. The van der Waals surface area contributed by atoms with Gasteiger partial charge >= 0.3 is 0 Å². The maximum atomic E-state index is 5.98. The molecule has 1 aromatic carbocycles. The molecule has 0 amide bonds. The number of halogens is 2. The van der Waals surface area contributed by atoms with E-state index in [-0.39, 0.29) is 0 Å². The second-order valence-corrected chi connectivity index (χ2v) is 3.93. The van der Waals surface area contributed by atoms with E-state index in [2.05, 4.69) is 18.3 Å². The lowest BCUT2D eigenvalue weighted by Crippen LogP contribution is -2.01. The quantitative estimate of drug-likeness (QED) is 0.740. The summed E-state index contributed by atoms with van der Waals surface area (Å²) in [5.41, 5.74) is 0.801. The summed E-state index contributed by atoms with van der Waals surface area (Å²) in [5.74, 6) is 0. The molecular formula is C11H14Cl2N. The van der Waals surface area contributed by atoms with Crippen LogP contribution < -0.4 is 5.32 Å². The Hall–Kier alpha value is -0.400. The largest absolute Gasteiger partial charge is 0.383 e. The third-order valence-electron chi connectivity index (χ3n) is 1.97. The molecule has 1 aromatic rings. The van der Waals surface area contributed by atoms with Crippen LogP contribution in [0.15, 0.2) is 12.1 Å². The van der Waals surface area contributed by atoms with E-state index < -0.39 is 0 Å². The number of nitrogens with one attached hydrogen (secondary N) is 1. The second kappa shape index (κ2) is 6.15. The lowest BCUT2D eigenvalue weighted by molar-refractivity contribution is 0.744. The highest BCUT2D eigenvalue weighted by Gasteiger charge is 2.02. The third-order valence-corrected chi connectivity index (χ3v) is 2.77. The molecule has 77 valence electrons. The van der Waals surface area contributed by atoms with E-state index in [0.717, 1.165) is 18.7 Å². The SMILES string of the molecule is CCCCCNc1[c]ccc(Cl)c1Cl. The Labute approximate surface area is 95.4 Å². The first-order valence-electron chi connectivity index (χ1n) is 4.85. The minimum Gasteiger partial charge on any atom is -0.383 e. The van der Waals surface area contributed by atoms with Gasteiger partial charge in [-0.15, -0.1) is 0 Å². The molecule has 14 heavy (non-hydrogen) atoms. The van der Waals surface area contributed by atoms with Crippen molar-refractivity contribution < 1.29 is 0 Å². The Kier molecular flexibility index (Phi) is 5.13. The second-order valence-electron chi connectivity index (χ2n) is 3.15. The normalized spacial score (nSPS) is 10.2. The van der Waals surface area contributed by atoms with Gasteiger partial charge in [-0.05, 0) is 12.5 Å². The summed E-state index contributed by atoms with van der Waals surface area (Å²) in [7, 11) is 0. The molecule has 1 N–H and O–H groups in total. The predicted octanol–water partition coefficient (Wildman–Crippen LogP) is 4.40. The average Bonchev–Trinajstić information content (AvgIpc) is 2.19. The fraction of sp³-hybridized carbons (Fsp3) is 0.455. The van der Waals surface area contributed by atoms with Crippen molar-refractivity contribution in [2.45, 2.75) is 26.2 Å². The first-order valence-corrected chi connectivity index (χ1v) is 5.61. The molecule has 0 fully saturated rings. The van der Waals surface area contributed by atoms with Crippen molar-refractivity contribution in [3.05, 3.63) is 28.2 Å². The fourth-order valence-electron chi connectivity index (χ4n) is 1.17. The van der Waals surface area contributed by atoms with Crippen LogP contribution in [0.4, 0.5) is 5.69 Å². The van der Waals surface area contributed by atoms with Crippen molar-refractivity contribution in [2.75, 3.05) is 11.9 Å². The molecule has 1 rings (SSSR count). The molecule has 0 heterocycles. The highest BCUT2D eigenvalue weighted by atomic mass is 35.5. The van der Waals surface area contributed by atoms with Gasteiger partial charge in [0.15, 0.2) is 0 Å². The van der Waals surface area contributed by atoms with E-state index >= 15 is 0 Å². The standard InChI is InChI=1S/C11H14Cl2N/c1-2-3-4-8-14-10-7-5-6-9(12)11(10)13/h5-6,14H,2-4,8H2,1H3. The Morgan fingerprint density at radius 1 is 1.36 bits per heavy atom. The van der Waals surface area contributed by atoms with Crippen LogP contribution in [0.5, 0.6) is 0 Å². The van der Waals surface area contributed by atoms with Crippen LogP contribution >= 0.6 is 23.2 Å². The maximum Gasteiger partial charge on any atom is 0.0830 e. The summed E-state index contributed by atoms with van der Waals surface area (Å²) in [6.45, 7) is 3.10. The minimum atomic E-state index is 0.561. The molecule has 0 atom stereocenters. The van der Waals surface area contributed by atoms with Crippen LogP contribution in [0, 0.1) is 6.07 Å². The van der Waals surface area contributed by atoms with E-state index in [1.54, 1.807) is 12.1 Å². The Morgan fingerprint density at radius 3 is 2.86 bits per heavy atom. The molecule has 0 aromatic heterocycles. The molecule has 0 spiro atoms. The van der Waals surface area contributed by atoms with Gasteiger partial charge in [-0.25, -0.2) is 0 Å². The first kappa shape index (κ1) is 11.7. The minimum absolute atomic E-state index is 0.561. The van der Waals surface area contributed by atoms with Crippen LogP contribution in [-0.2, 0) is 0 Å². The smallest absolute Gasteiger partial charge is 0.0830 e. The summed E-state index contributed by atoms with van der Waals surface area (Å²) in [6.07, 6.45) is 3.59. The van der Waals surface area contributed by atoms with E-state index in [1.807, 2.05) is 0 Å². The molecule has 1 nitrogen and oxygen atoms in total. The molecule has 0 aliphatic heterocycles. The molecule has 0 bridgehead atoms. The van der Waals surface area contributed by atoms with Crippen LogP contribution in [0.3, 0.4) is 0 Å². The highest BCUT2D eigenvalue weighted by Crippen LogP contribution is 2.28. The summed E-state index contributed by atoms with van der Waals surface area (Å²) in [5, 5.41) is 4.35. The molecular weight excluding hydrogens is 217 g/mol. The predicted molar refractivity (Wildman–Crippen MR) is 63.3 cm³/mol. The zero-order valence-electron chi connectivity index (χ0n) is 8.24. The average molecular weight is 231 g/mol. The fourth-order valence-corrected chi connectivity index (χ4v) is 1.51. The maximum absolute atomic E-state index is 5.98. The molecule has 3 heteroatoms. The molecule has 0 aliphatic carbocycles. The molecule has 0 unspecified atom stereocenters. The summed E-state index contributed by atoms with van der Waals surface area (Å²) < 4.78 is 0. The van der Waals surface area contributed by atoms with Gasteiger partial charge in [0.05, 0.1) is 15.7 Å². The third kappa shape index (κ3) is 3.39. The van der Waals surface area contributed by atoms with Crippen LogP contribution in [-0.4, -0.2) is 6.54 Å². The summed E-state index contributed by atoms with van der Waals surface area (Å²) in [6, 6.07) is 6.54. The number of hydrogen-bond acceptors (Lipinski definition) is 1. The Morgan fingerprint density at radius 2 is 2.14 bits per heavy atom. The summed E-state index contributed by atoms with van der Waals surface area (Å²) >= 11 is 11.8. The van der Waals surface area contributed by atoms with Gasteiger partial charge in [-0.2, -0.15) is 0 Å².